The molecule has 1 saturated heterocycles. The molecule has 2 aliphatic heterocycles. The van der Waals surface area contributed by atoms with E-state index in [0.717, 1.165) is 10.0 Å². The number of carbonyl (C=O) groups is 2. The lowest BCUT2D eigenvalue weighted by Crippen LogP contribution is -2.39. The molecule has 0 unspecified atom stereocenters. The number of ether oxygens (including phenoxy) is 3. The number of halogens is 1. The van der Waals surface area contributed by atoms with Gasteiger partial charge < -0.3 is 19.1 Å². The summed E-state index contributed by atoms with van der Waals surface area (Å²) < 4.78 is 17.4. The molecule has 4 rings (SSSR count). The van der Waals surface area contributed by atoms with Crippen LogP contribution in [0, 0.1) is 5.92 Å². The van der Waals surface area contributed by atoms with Crippen molar-refractivity contribution in [3.8, 4) is 17.2 Å². The van der Waals surface area contributed by atoms with Gasteiger partial charge in [0, 0.05) is 40.7 Å². The molecule has 0 atom stereocenters. The molecule has 162 valence electrons. The Morgan fingerprint density at radius 1 is 1.06 bits per heavy atom. The highest BCUT2D eigenvalue weighted by Gasteiger charge is 2.28. The fourth-order valence-corrected chi connectivity index (χ4v) is 4.28. The van der Waals surface area contributed by atoms with E-state index in [0.29, 0.717) is 62.0 Å². The Kier molecular flexibility index (Phi) is 6.61. The second-order valence-corrected chi connectivity index (χ2v) is 8.46. The fourth-order valence-electron chi connectivity index (χ4n) is 3.90. The number of likely N-dealkylation sites (tertiary alicyclic amines) is 1. The number of fused-ring (bicyclic) bond motifs is 1. The van der Waals surface area contributed by atoms with Crippen LogP contribution < -0.4 is 14.2 Å². The third-order valence-corrected chi connectivity index (χ3v) is 6.09. The van der Waals surface area contributed by atoms with Crippen molar-refractivity contribution in [2.45, 2.75) is 12.8 Å². The average molecular weight is 486 g/mol. The van der Waals surface area contributed by atoms with Crippen molar-refractivity contribution >= 4 is 33.7 Å². The van der Waals surface area contributed by atoms with Gasteiger partial charge in [0.15, 0.2) is 17.3 Å². The molecule has 0 aliphatic carbocycles. The molecule has 1 amide bonds. The molecule has 2 heterocycles. The number of amides is 1. The molecule has 1 fully saturated rings. The number of piperidine rings is 1. The Morgan fingerprint density at radius 2 is 1.81 bits per heavy atom. The number of rotatable bonds is 5. The molecule has 2 aromatic carbocycles. The zero-order valence-electron chi connectivity index (χ0n) is 17.3. The predicted molar refractivity (Wildman–Crippen MR) is 121 cm³/mol. The average Bonchev–Trinajstić information content (AvgIpc) is 2.82. The first kappa shape index (κ1) is 21.4. The standard InChI is InChI=1S/C24H24BrNO5/c1-29-20-6-4-19(25)14-17(20)3-7-23(27)26-10-8-16(9-11-26)24(28)18-2-5-21-22(15-18)31-13-12-30-21/h2-7,14-16H,8-13H2,1H3/b7-3+. The normalized spacial score (nSPS) is 16.4. The molecule has 0 saturated carbocycles. The Labute approximate surface area is 189 Å². The third-order valence-electron chi connectivity index (χ3n) is 5.60. The predicted octanol–water partition coefficient (Wildman–Crippen LogP) is 4.36. The number of nitrogens with zero attached hydrogens (tertiary/aromatic N) is 1. The lowest BCUT2D eigenvalue weighted by molar-refractivity contribution is -0.127. The first-order valence-electron chi connectivity index (χ1n) is 10.3. The zero-order chi connectivity index (χ0) is 21.8. The number of methoxy groups -OCH3 is 1. The molecule has 0 N–H and O–H groups in total. The number of carbonyl (C=O) groups excluding carboxylic acids is 2. The van der Waals surface area contributed by atoms with Gasteiger partial charge in [-0.05, 0) is 55.3 Å². The maximum absolute atomic E-state index is 12.9. The van der Waals surface area contributed by atoms with Gasteiger partial charge in [0.05, 0.1) is 7.11 Å². The first-order chi connectivity index (χ1) is 15.0. The molecule has 31 heavy (non-hydrogen) atoms. The van der Waals surface area contributed by atoms with Crippen molar-refractivity contribution in [3.63, 3.8) is 0 Å². The molecule has 2 aromatic rings. The highest BCUT2D eigenvalue weighted by Crippen LogP contribution is 2.32. The minimum Gasteiger partial charge on any atom is -0.496 e. The Balaban J connectivity index is 1.35. The van der Waals surface area contributed by atoms with E-state index >= 15 is 0 Å². The largest absolute Gasteiger partial charge is 0.496 e. The molecule has 0 spiro atoms. The van der Waals surface area contributed by atoms with Crippen molar-refractivity contribution in [2.75, 3.05) is 33.4 Å². The van der Waals surface area contributed by atoms with Crippen LogP contribution in [0.3, 0.4) is 0 Å². The molecule has 0 bridgehead atoms. The van der Waals surface area contributed by atoms with Crippen LogP contribution in [0.15, 0.2) is 46.9 Å². The Morgan fingerprint density at radius 3 is 2.55 bits per heavy atom. The minimum atomic E-state index is -0.0965. The van der Waals surface area contributed by atoms with Crippen molar-refractivity contribution in [1.29, 1.82) is 0 Å². The van der Waals surface area contributed by atoms with E-state index in [9.17, 15) is 9.59 Å². The second kappa shape index (κ2) is 9.56. The van der Waals surface area contributed by atoms with Gasteiger partial charge in [0.1, 0.15) is 19.0 Å². The minimum absolute atomic E-state index is 0.0627. The fraction of sp³-hybridized carbons (Fsp3) is 0.333. The Bertz CT molecular complexity index is 1010. The monoisotopic (exact) mass is 485 g/mol. The number of hydrogen-bond acceptors (Lipinski definition) is 5. The second-order valence-electron chi connectivity index (χ2n) is 7.54. The van der Waals surface area contributed by atoms with Crippen LogP contribution in [0.4, 0.5) is 0 Å². The lowest BCUT2D eigenvalue weighted by Gasteiger charge is -2.30. The van der Waals surface area contributed by atoms with Gasteiger partial charge in [-0.15, -0.1) is 0 Å². The molecule has 0 radical (unpaired) electrons. The van der Waals surface area contributed by atoms with E-state index in [1.165, 1.54) is 0 Å². The van der Waals surface area contributed by atoms with E-state index in [2.05, 4.69) is 15.9 Å². The van der Waals surface area contributed by atoms with Gasteiger partial charge in [-0.25, -0.2) is 0 Å². The summed E-state index contributed by atoms with van der Waals surface area (Å²) in [5.41, 5.74) is 1.46. The summed E-state index contributed by atoms with van der Waals surface area (Å²) in [5, 5.41) is 0. The van der Waals surface area contributed by atoms with Gasteiger partial charge in [0.25, 0.3) is 0 Å². The summed E-state index contributed by atoms with van der Waals surface area (Å²) in [6.45, 7) is 2.12. The summed E-state index contributed by atoms with van der Waals surface area (Å²) in [7, 11) is 1.60. The SMILES string of the molecule is COc1ccc(Br)cc1/C=C/C(=O)N1CCC(C(=O)c2ccc3c(c2)OCCO3)CC1. The number of ketones is 1. The van der Waals surface area contributed by atoms with E-state index in [1.54, 1.807) is 42.4 Å². The summed E-state index contributed by atoms with van der Waals surface area (Å²) in [6, 6.07) is 11.0. The topological polar surface area (TPSA) is 65.1 Å². The van der Waals surface area contributed by atoms with E-state index in [-0.39, 0.29) is 17.6 Å². The van der Waals surface area contributed by atoms with Crippen molar-refractivity contribution < 1.29 is 23.8 Å². The van der Waals surface area contributed by atoms with Gasteiger partial charge >= 0.3 is 0 Å². The molecule has 7 heteroatoms. The van der Waals surface area contributed by atoms with Crippen LogP contribution in [0.25, 0.3) is 6.08 Å². The van der Waals surface area contributed by atoms with Crippen molar-refractivity contribution in [1.82, 2.24) is 4.90 Å². The van der Waals surface area contributed by atoms with Crippen LogP contribution in [0.2, 0.25) is 0 Å². The van der Waals surface area contributed by atoms with Crippen LogP contribution in [-0.4, -0.2) is 50.0 Å². The van der Waals surface area contributed by atoms with Crippen LogP contribution in [0.1, 0.15) is 28.8 Å². The number of Topliss-reactive ketones (excluding diaryl/α,β-unsaturated/α-hetero) is 1. The van der Waals surface area contributed by atoms with E-state index in [4.69, 9.17) is 14.2 Å². The smallest absolute Gasteiger partial charge is 0.246 e. The Hall–Kier alpha value is -2.80. The number of benzene rings is 2. The maximum Gasteiger partial charge on any atom is 0.246 e. The summed E-state index contributed by atoms with van der Waals surface area (Å²) in [4.78, 5) is 27.4. The van der Waals surface area contributed by atoms with E-state index < -0.39 is 0 Å². The molecule has 6 nitrogen and oxygen atoms in total. The van der Waals surface area contributed by atoms with Crippen LogP contribution in [0.5, 0.6) is 17.2 Å². The van der Waals surface area contributed by atoms with Gasteiger partial charge in [-0.2, -0.15) is 0 Å². The molecular weight excluding hydrogens is 462 g/mol. The highest BCUT2D eigenvalue weighted by atomic mass is 79.9. The summed E-state index contributed by atoms with van der Waals surface area (Å²) in [6.07, 6.45) is 4.62. The number of hydrogen-bond donors (Lipinski definition) is 0. The summed E-state index contributed by atoms with van der Waals surface area (Å²) >= 11 is 3.44. The third kappa shape index (κ3) is 4.93. The van der Waals surface area contributed by atoms with E-state index in [1.807, 2.05) is 18.2 Å². The lowest BCUT2D eigenvalue weighted by atomic mass is 9.88. The highest BCUT2D eigenvalue weighted by molar-refractivity contribution is 9.10. The zero-order valence-corrected chi connectivity index (χ0v) is 18.9. The van der Waals surface area contributed by atoms with Crippen molar-refractivity contribution in [3.05, 3.63) is 58.1 Å². The van der Waals surface area contributed by atoms with Gasteiger partial charge in [-0.3, -0.25) is 9.59 Å². The van der Waals surface area contributed by atoms with Crippen LogP contribution in [-0.2, 0) is 4.79 Å². The van der Waals surface area contributed by atoms with Gasteiger partial charge in [0.2, 0.25) is 5.91 Å². The summed E-state index contributed by atoms with van der Waals surface area (Å²) in [5.74, 6) is 1.94. The molecular formula is C24H24BrNO5. The maximum atomic E-state index is 12.9. The van der Waals surface area contributed by atoms with Crippen molar-refractivity contribution in [2.24, 2.45) is 5.92 Å². The quantitative estimate of drug-likeness (QED) is 0.464. The first-order valence-corrected chi connectivity index (χ1v) is 11.1. The molecule has 0 aromatic heterocycles. The van der Waals surface area contributed by atoms with Crippen LogP contribution >= 0.6 is 15.9 Å². The molecule has 2 aliphatic rings. The van der Waals surface area contributed by atoms with Gasteiger partial charge in [-0.1, -0.05) is 15.9 Å².